The highest BCUT2D eigenvalue weighted by Crippen LogP contribution is 2.35. The summed E-state index contributed by atoms with van der Waals surface area (Å²) >= 11 is 0. The average Bonchev–Trinajstić information content (AvgIpc) is 2.91. The van der Waals surface area contributed by atoms with Crippen molar-refractivity contribution in [3.05, 3.63) is 63.2 Å². The number of fused-ring (bicyclic) bond motifs is 1. The molecule has 1 unspecified atom stereocenters. The number of carbonyl (C=O) groups excluding carboxylic acids is 1. The molecule has 2 aromatic rings. The number of anilines is 2. The summed E-state index contributed by atoms with van der Waals surface area (Å²) in [6.07, 6.45) is 1.67. The van der Waals surface area contributed by atoms with E-state index in [0.29, 0.717) is 28.9 Å². The number of carbonyl (C=O) groups is 1. The number of nitrogens with one attached hydrogen (secondary N) is 1. The molecule has 0 aliphatic carbocycles. The van der Waals surface area contributed by atoms with Crippen LogP contribution in [0, 0.1) is 17.0 Å². The third-order valence-electron chi connectivity index (χ3n) is 4.60. The van der Waals surface area contributed by atoms with Crippen LogP contribution in [0.25, 0.3) is 0 Å². The molecular formula is C18H19N3O5S. The van der Waals surface area contributed by atoms with Crippen molar-refractivity contribution in [2.75, 3.05) is 15.9 Å². The summed E-state index contributed by atoms with van der Waals surface area (Å²) in [5.41, 5.74) is 2.38. The van der Waals surface area contributed by atoms with Crippen molar-refractivity contribution in [2.24, 2.45) is 0 Å². The number of nitrogens with zero attached hydrogens (tertiary/aromatic N) is 2. The largest absolute Gasteiger partial charge is 0.321 e. The quantitative estimate of drug-likeness (QED) is 0.639. The Morgan fingerprint density at radius 1 is 1.30 bits per heavy atom. The standard InChI is InChI=1S/C18H19N3O5S/c1-11-9-14-10-13(7-8-17(14)20(11)27(3,25)26)18(22)19-15-5-4-6-16(12(15)2)21(23)24/h4-8,10-11H,9H2,1-3H3,(H,19,22). The maximum atomic E-state index is 12.6. The van der Waals surface area contributed by atoms with Gasteiger partial charge in [-0.15, -0.1) is 0 Å². The van der Waals surface area contributed by atoms with E-state index in [0.717, 1.165) is 11.8 Å². The normalized spacial score (nSPS) is 16.1. The number of amides is 1. The Labute approximate surface area is 157 Å². The van der Waals surface area contributed by atoms with Gasteiger partial charge in [0, 0.05) is 17.7 Å². The van der Waals surface area contributed by atoms with Gasteiger partial charge in [0.15, 0.2) is 0 Å². The molecular weight excluding hydrogens is 370 g/mol. The molecule has 0 saturated heterocycles. The summed E-state index contributed by atoms with van der Waals surface area (Å²) in [4.78, 5) is 23.1. The average molecular weight is 389 g/mol. The maximum Gasteiger partial charge on any atom is 0.274 e. The molecule has 1 amide bonds. The Balaban J connectivity index is 1.89. The molecule has 1 aliphatic heterocycles. The fourth-order valence-corrected chi connectivity index (χ4v) is 4.66. The summed E-state index contributed by atoms with van der Waals surface area (Å²) in [6, 6.07) is 9.11. The zero-order valence-corrected chi connectivity index (χ0v) is 15.9. The summed E-state index contributed by atoms with van der Waals surface area (Å²) < 4.78 is 25.3. The van der Waals surface area contributed by atoms with Crippen LogP contribution in [0.3, 0.4) is 0 Å². The van der Waals surface area contributed by atoms with Crippen LogP contribution < -0.4 is 9.62 Å². The summed E-state index contributed by atoms with van der Waals surface area (Å²) in [5.74, 6) is -0.410. The molecule has 0 saturated carbocycles. The number of hydrogen-bond donors (Lipinski definition) is 1. The van der Waals surface area contributed by atoms with E-state index in [-0.39, 0.29) is 11.7 Å². The highest BCUT2D eigenvalue weighted by molar-refractivity contribution is 7.92. The van der Waals surface area contributed by atoms with Crippen molar-refractivity contribution in [2.45, 2.75) is 26.3 Å². The van der Waals surface area contributed by atoms with Crippen molar-refractivity contribution in [3.8, 4) is 0 Å². The fourth-order valence-electron chi connectivity index (χ4n) is 3.40. The van der Waals surface area contributed by atoms with Crippen molar-refractivity contribution in [1.82, 2.24) is 0 Å². The molecule has 27 heavy (non-hydrogen) atoms. The molecule has 0 bridgehead atoms. The van der Waals surface area contributed by atoms with Gasteiger partial charge >= 0.3 is 0 Å². The number of nitro groups is 1. The van der Waals surface area contributed by atoms with E-state index < -0.39 is 20.9 Å². The van der Waals surface area contributed by atoms with Crippen LogP contribution in [-0.2, 0) is 16.4 Å². The van der Waals surface area contributed by atoms with Crippen LogP contribution >= 0.6 is 0 Å². The SMILES string of the molecule is Cc1c(NC(=O)c2ccc3c(c2)CC(C)N3S(C)(=O)=O)cccc1[N+](=O)[O-]. The lowest BCUT2D eigenvalue weighted by molar-refractivity contribution is -0.385. The van der Waals surface area contributed by atoms with Crippen molar-refractivity contribution in [1.29, 1.82) is 0 Å². The smallest absolute Gasteiger partial charge is 0.274 e. The molecule has 8 nitrogen and oxygen atoms in total. The number of rotatable bonds is 4. The van der Waals surface area contributed by atoms with Gasteiger partial charge in [-0.2, -0.15) is 0 Å². The van der Waals surface area contributed by atoms with Gasteiger partial charge in [0.1, 0.15) is 0 Å². The van der Waals surface area contributed by atoms with E-state index in [4.69, 9.17) is 0 Å². The molecule has 0 radical (unpaired) electrons. The van der Waals surface area contributed by atoms with Gasteiger partial charge in [-0.05, 0) is 50.1 Å². The van der Waals surface area contributed by atoms with Gasteiger partial charge in [-0.1, -0.05) is 6.07 Å². The molecule has 0 spiro atoms. The van der Waals surface area contributed by atoms with Crippen molar-refractivity contribution in [3.63, 3.8) is 0 Å². The second-order valence-electron chi connectivity index (χ2n) is 6.62. The van der Waals surface area contributed by atoms with Crippen LogP contribution in [0.1, 0.15) is 28.4 Å². The molecule has 0 fully saturated rings. The Morgan fingerprint density at radius 3 is 2.63 bits per heavy atom. The predicted molar refractivity (Wildman–Crippen MR) is 103 cm³/mol. The molecule has 9 heteroatoms. The zero-order valence-electron chi connectivity index (χ0n) is 15.1. The molecule has 3 rings (SSSR count). The topological polar surface area (TPSA) is 110 Å². The van der Waals surface area contributed by atoms with Crippen LogP contribution in [0.2, 0.25) is 0 Å². The van der Waals surface area contributed by atoms with E-state index >= 15 is 0 Å². The zero-order chi connectivity index (χ0) is 19.9. The van der Waals surface area contributed by atoms with E-state index in [9.17, 15) is 23.3 Å². The van der Waals surface area contributed by atoms with E-state index in [2.05, 4.69) is 5.32 Å². The summed E-state index contributed by atoms with van der Waals surface area (Å²) in [5, 5.41) is 13.7. The molecule has 2 aromatic carbocycles. The second-order valence-corrected chi connectivity index (χ2v) is 8.48. The lowest BCUT2D eigenvalue weighted by atomic mass is 10.1. The van der Waals surface area contributed by atoms with Crippen LogP contribution in [0.15, 0.2) is 36.4 Å². The number of benzene rings is 2. The number of hydrogen-bond acceptors (Lipinski definition) is 5. The Morgan fingerprint density at radius 2 is 2.00 bits per heavy atom. The third kappa shape index (κ3) is 3.50. The molecule has 1 heterocycles. The first-order valence-corrected chi connectivity index (χ1v) is 10.1. The number of nitro benzene ring substituents is 1. The first kappa shape index (κ1) is 18.8. The van der Waals surface area contributed by atoms with Crippen LogP contribution in [0.4, 0.5) is 17.1 Å². The van der Waals surface area contributed by atoms with Gasteiger partial charge in [-0.3, -0.25) is 19.2 Å². The van der Waals surface area contributed by atoms with E-state index in [1.807, 2.05) is 6.92 Å². The fraction of sp³-hybridized carbons (Fsp3) is 0.278. The molecule has 0 aromatic heterocycles. The first-order chi connectivity index (χ1) is 12.6. The lowest BCUT2D eigenvalue weighted by Crippen LogP contribution is -2.34. The monoisotopic (exact) mass is 389 g/mol. The van der Waals surface area contributed by atoms with Gasteiger partial charge in [0.25, 0.3) is 11.6 Å². The highest BCUT2D eigenvalue weighted by atomic mass is 32.2. The van der Waals surface area contributed by atoms with Gasteiger partial charge in [0.2, 0.25) is 10.0 Å². The van der Waals surface area contributed by atoms with E-state index in [1.54, 1.807) is 31.2 Å². The minimum absolute atomic E-state index is 0.0700. The van der Waals surface area contributed by atoms with Gasteiger partial charge in [0.05, 0.1) is 28.1 Å². The minimum atomic E-state index is -3.40. The highest BCUT2D eigenvalue weighted by Gasteiger charge is 2.32. The van der Waals surface area contributed by atoms with E-state index in [1.165, 1.54) is 16.4 Å². The van der Waals surface area contributed by atoms with Gasteiger partial charge in [-0.25, -0.2) is 8.42 Å². The Kier molecular flexibility index (Phi) is 4.64. The Hall–Kier alpha value is -2.94. The Bertz CT molecular complexity index is 1050. The van der Waals surface area contributed by atoms with Crippen molar-refractivity contribution < 1.29 is 18.1 Å². The predicted octanol–water partition coefficient (Wildman–Crippen LogP) is 2.87. The summed E-state index contributed by atoms with van der Waals surface area (Å²) in [7, 11) is -3.40. The van der Waals surface area contributed by atoms with Crippen molar-refractivity contribution >= 4 is 33.0 Å². The summed E-state index contributed by atoms with van der Waals surface area (Å²) in [6.45, 7) is 3.38. The third-order valence-corrected chi connectivity index (χ3v) is 5.87. The lowest BCUT2D eigenvalue weighted by Gasteiger charge is -2.21. The maximum absolute atomic E-state index is 12.6. The second kappa shape index (κ2) is 6.66. The van der Waals surface area contributed by atoms with Crippen LogP contribution in [-0.4, -0.2) is 31.5 Å². The molecule has 1 atom stereocenters. The molecule has 1 aliphatic rings. The first-order valence-electron chi connectivity index (χ1n) is 8.27. The molecule has 142 valence electrons. The number of sulfonamides is 1. The molecule has 1 N–H and O–H groups in total. The van der Waals surface area contributed by atoms with Crippen LogP contribution in [0.5, 0.6) is 0 Å². The minimum Gasteiger partial charge on any atom is -0.321 e. The van der Waals surface area contributed by atoms with Gasteiger partial charge < -0.3 is 5.32 Å².